The summed E-state index contributed by atoms with van der Waals surface area (Å²) in [7, 11) is 1.47. The summed E-state index contributed by atoms with van der Waals surface area (Å²) in [6, 6.07) is 7.15. The summed E-state index contributed by atoms with van der Waals surface area (Å²) in [5.74, 6) is -0.0904. The Kier molecular flexibility index (Phi) is 2.82. The van der Waals surface area contributed by atoms with Gasteiger partial charge in [0.1, 0.15) is 11.6 Å². The number of hydrogen-bond donors (Lipinski definition) is 1. The fourth-order valence-corrected chi connectivity index (χ4v) is 1.47. The summed E-state index contributed by atoms with van der Waals surface area (Å²) in [4.78, 5) is 11.7. The Bertz CT molecular complexity index is 608. The molecule has 0 aliphatic heterocycles. The molecule has 5 heteroatoms. The van der Waals surface area contributed by atoms with E-state index in [1.165, 1.54) is 36.1 Å². The van der Waals surface area contributed by atoms with Crippen LogP contribution in [0.2, 0.25) is 0 Å². The van der Waals surface area contributed by atoms with Crippen LogP contribution in [0.4, 0.5) is 10.1 Å². The Hall–Kier alpha value is -2.30. The number of nitrogen functional groups attached to an aromatic ring is 1. The first-order valence-corrected chi connectivity index (χ1v) is 4.94. The normalized spacial score (nSPS) is 10.2. The summed E-state index contributed by atoms with van der Waals surface area (Å²) < 4.78 is 19.5. The molecule has 88 valence electrons. The van der Waals surface area contributed by atoms with Crippen LogP contribution in [-0.4, -0.2) is 11.7 Å². The predicted molar refractivity (Wildman–Crippen MR) is 63.0 cm³/mol. The van der Waals surface area contributed by atoms with Gasteiger partial charge in [-0.2, -0.15) is 0 Å². The number of methoxy groups -OCH3 is 1. The SMILES string of the molecule is COc1ccn(-c2ccc(N)c(F)c2)c(=O)c1. The van der Waals surface area contributed by atoms with Gasteiger partial charge in [-0.1, -0.05) is 0 Å². The number of pyridine rings is 1. The van der Waals surface area contributed by atoms with Crippen molar-refractivity contribution in [1.82, 2.24) is 4.57 Å². The lowest BCUT2D eigenvalue weighted by Gasteiger charge is -2.07. The van der Waals surface area contributed by atoms with Crippen LogP contribution < -0.4 is 16.0 Å². The second-order valence-corrected chi connectivity index (χ2v) is 3.48. The van der Waals surface area contributed by atoms with E-state index in [0.29, 0.717) is 11.4 Å². The van der Waals surface area contributed by atoms with Gasteiger partial charge in [0.05, 0.1) is 18.5 Å². The van der Waals surface area contributed by atoms with Crippen LogP contribution in [0.25, 0.3) is 5.69 Å². The van der Waals surface area contributed by atoms with Crippen molar-refractivity contribution >= 4 is 5.69 Å². The van der Waals surface area contributed by atoms with Gasteiger partial charge in [-0.3, -0.25) is 9.36 Å². The van der Waals surface area contributed by atoms with Gasteiger partial charge in [0, 0.05) is 18.3 Å². The molecule has 0 saturated carbocycles. The zero-order valence-electron chi connectivity index (χ0n) is 9.18. The molecule has 0 fully saturated rings. The number of nitrogens with zero attached hydrogens (tertiary/aromatic N) is 1. The topological polar surface area (TPSA) is 57.2 Å². The average molecular weight is 234 g/mol. The van der Waals surface area contributed by atoms with Crippen molar-refractivity contribution in [3.63, 3.8) is 0 Å². The van der Waals surface area contributed by atoms with E-state index in [4.69, 9.17) is 10.5 Å². The highest BCUT2D eigenvalue weighted by Gasteiger charge is 2.04. The molecule has 1 heterocycles. The van der Waals surface area contributed by atoms with Gasteiger partial charge in [-0.05, 0) is 18.2 Å². The van der Waals surface area contributed by atoms with Crippen LogP contribution in [0.5, 0.6) is 5.75 Å². The molecule has 2 N–H and O–H groups in total. The van der Waals surface area contributed by atoms with E-state index >= 15 is 0 Å². The third kappa shape index (κ3) is 2.13. The maximum atomic E-state index is 13.3. The molecule has 0 spiro atoms. The maximum Gasteiger partial charge on any atom is 0.258 e. The van der Waals surface area contributed by atoms with Gasteiger partial charge in [-0.25, -0.2) is 4.39 Å². The number of anilines is 1. The molecule has 0 bridgehead atoms. The van der Waals surface area contributed by atoms with Crippen LogP contribution in [0, 0.1) is 5.82 Å². The monoisotopic (exact) mass is 234 g/mol. The molecule has 2 rings (SSSR count). The molecule has 2 aromatic rings. The van der Waals surface area contributed by atoms with E-state index in [1.54, 1.807) is 12.1 Å². The average Bonchev–Trinajstić information content (AvgIpc) is 2.32. The lowest BCUT2D eigenvalue weighted by atomic mass is 10.2. The van der Waals surface area contributed by atoms with Crippen molar-refractivity contribution in [2.45, 2.75) is 0 Å². The van der Waals surface area contributed by atoms with Gasteiger partial charge >= 0.3 is 0 Å². The third-order valence-corrected chi connectivity index (χ3v) is 2.39. The summed E-state index contributed by atoms with van der Waals surface area (Å²) >= 11 is 0. The van der Waals surface area contributed by atoms with E-state index in [1.807, 2.05) is 0 Å². The summed E-state index contributed by atoms with van der Waals surface area (Å²) in [6.07, 6.45) is 1.52. The van der Waals surface area contributed by atoms with Gasteiger partial charge in [0.25, 0.3) is 5.56 Å². The number of benzene rings is 1. The molecule has 4 nitrogen and oxygen atoms in total. The van der Waals surface area contributed by atoms with Crippen molar-refractivity contribution < 1.29 is 9.13 Å². The first-order valence-electron chi connectivity index (χ1n) is 4.94. The second kappa shape index (κ2) is 4.29. The zero-order chi connectivity index (χ0) is 12.4. The van der Waals surface area contributed by atoms with Crippen molar-refractivity contribution in [3.05, 3.63) is 52.7 Å². The van der Waals surface area contributed by atoms with Crippen molar-refractivity contribution in [2.75, 3.05) is 12.8 Å². The zero-order valence-corrected chi connectivity index (χ0v) is 9.18. The highest BCUT2D eigenvalue weighted by molar-refractivity contribution is 5.46. The Balaban J connectivity index is 2.53. The standard InChI is InChI=1S/C12H11FN2O2/c1-17-9-4-5-15(12(16)7-9)8-2-3-11(14)10(13)6-8/h2-7H,14H2,1H3. The minimum Gasteiger partial charge on any atom is -0.497 e. The number of rotatable bonds is 2. The number of halogens is 1. The molecule has 0 atom stereocenters. The Morgan fingerprint density at radius 3 is 2.65 bits per heavy atom. The highest BCUT2D eigenvalue weighted by atomic mass is 19.1. The summed E-state index contributed by atoms with van der Waals surface area (Å²) in [6.45, 7) is 0. The van der Waals surface area contributed by atoms with E-state index in [0.717, 1.165) is 0 Å². The molecule has 1 aromatic carbocycles. The quantitative estimate of drug-likeness (QED) is 0.802. The van der Waals surface area contributed by atoms with Crippen molar-refractivity contribution in [2.24, 2.45) is 0 Å². The van der Waals surface area contributed by atoms with Crippen LogP contribution in [0.1, 0.15) is 0 Å². The molecule has 0 radical (unpaired) electrons. The highest BCUT2D eigenvalue weighted by Crippen LogP contribution is 2.15. The van der Waals surface area contributed by atoms with Gasteiger partial charge in [0.15, 0.2) is 0 Å². The first-order chi connectivity index (χ1) is 8.11. The van der Waals surface area contributed by atoms with Crippen molar-refractivity contribution in [1.29, 1.82) is 0 Å². The van der Waals surface area contributed by atoms with Crippen LogP contribution in [0.15, 0.2) is 41.3 Å². The Morgan fingerprint density at radius 1 is 1.29 bits per heavy atom. The van der Waals surface area contributed by atoms with Crippen LogP contribution >= 0.6 is 0 Å². The summed E-state index contributed by atoms with van der Waals surface area (Å²) in [5.41, 5.74) is 5.54. The van der Waals surface area contributed by atoms with Gasteiger partial charge in [-0.15, -0.1) is 0 Å². The number of ether oxygens (including phenoxy) is 1. The second-order valence-electron chi connectivity index (χ2n) is 3.48. The number of nitrogens with two attached hydrogens (primary N) is 1. The van der Waals surface area contributed by atoms with Gasteiger partial charge in [0.2, 0.25) is 0 Å². The predicted octanol–water partition coefficient (Wildman–Crippen LogP) is 1.57. The number of hydrogen-bond acceptors (Lipinski definition) is 3. The molecule has 0 aliphatic carbocycles. The van der Waals surface area contributed by atoms with E-state index in [-0.39, 0.29) is 11.2 Å². The van der Waals surface area contributed by atoms with E-state index in [9.17, 15) is 9.18 Å². The maximum absolute atomic E-state index is 13.3. The number of aromatic nitrogens is 1. The molecule has 0 aliphatic rings. The minimum absolute atomic E-state index is 0.0512. The fraction of sp³-hybridized carbons (Fsp3) is 0.0833. The smallest absolute Gasteiger partial charge is 0.258 e. The molecule has 17 heavy (non-hydrogen) atoms. The molecule has 1 aromatic heterocycles. The Labute approximate surface area is 97.1 Å². The largest absolute Gasteiger partial charge is 0.497 e. The molecular weight excluding hydrogens is 223 g/mol. The third-order valence-electron chi connectivity index (χ3n) is 2.39. The van der Waals surface area contributed by atoms with Crippen LogP contribution in [0.3, 0.4) is 0 Å². The van der Waals surface area contributed by atoms with Gasteiger partial charge < -0.3 is 10.5 Å². The lowest BCUT2D eigenvalue weighted by molar-refractivity contribution is 0.413. The molecular formula is C12H11FN2O2. The minimum atomic E-state index is -0.551. The first kappa shape index (κ1) is 11.2. The molecule has 0 amide bonds. The molecule has 0 unspecified atom stereocenters. The van der Waals surface area contributed by atoms with Crippen LogP contribution in [-0.2, 0) is 0 Å². The van der Waals surface area contributed by atoms with E-state index in [2.05, 4.69) is 0 Å². The lowest BCUT2D eigenvalue weighted by Crippen LogP contribution is -2.16. The molecule has 0 saturated heterocycles. The fourth-order valence-electron chi connectivity index (χ4n) is 1.47. The van der Waals surface area contributed by atoms with Crippen molar-refractivity contribution in [3.8, 4) is 11.4 Å². The Morgan fingerprint density at radius 2 is 2.06 bits per heavy atom. The van der Waals surface area contributed by atoms with E-state index < -0.39 is 5.82 Å². The summed E-state index contributed by atoms with van der Waals surface area (Å²) in [5, 5.41) is 0.